The van der Waals surface area contributed by atoms with Crippen molar-refractivity contribution in [3.8, 4) is 0 Å². The van der Waals surface area contributed by atoms with Crippen LogP contribution in [0.2, 0.25) is 0 Å². The van der Waals surface area contributed by atoms with Gasteiger partial charge in [0.15, 0.2) is 0 Å². The Morgan fingerprint density at radius 1 is 1.30 bits per heavy atom. The lowest BCUT2D eigenvalue weighted by atomic mass is 10.1. The van der Waals surface area contributed by atoms with Gasteiger partial charge >= 0.3 is 0 Å². The molecule has 3 rings (SSSR count). The fraction of sp³-hybridized carbons (Fsp3) is 0.381. The van der Waals surface area contributed by atoms with Crippen LogP contribution in [0.1, 0.15) is 30.1 Å². The fourth-order valence-electron chi connectivity index (χ4n) is 3.75. The second-order valence-electron chi connectivity index (χ2n) is 7.52. The van der Waals surface area contributed by atoms with Crippen molar-refractivity contribution in [3.63, 3.8) is 0 Å². The average Bonchev–Trinajstić information content (AvgIpc) is 3.09. The Morgan fingerprint density at radius 3 is 2.63 bits per heavy atom. The molecular weight excluding hydrogens is 520 g/mol. The highest BCUT2D eigenvalue weighted by molar-refractivity contribution is 7.99. The Kier molecular flexibility index (Phi) is 8.62. The number of nitro groups is 1. The maximum absolute atomic E-state index is 13.1. The van der Waals surface area contributed by atoms with Crippen molar-refractivity contribution >= 4 is 23.4 Å². The van der Waals surface area contributed by atoms with Crippen LogP contribution in [0.15, 0.2) is 52.3 Å². The molecule has 30 heavy (non-hydrogen) atoms. The summed E-state index contributed by atoms with van der Waals surface area (Å²) in [5.41, 5.74) is 0.130. The summed E-state index contributed by atoms with van der Waals surface area (Å²) in [4.78, 5) is 24.7. The number of likely N-dealkylation sites (N-methyl/N-ethyl adjacent to an activating group) is 1. The number of nitro benzene ring substituents is 1. The molecule has 162 valence electrons. The molecule has 2 aromatic carbocycles. The van der Waals surface area contributed by atoms with Crippen LogP contribution in [0.5, 0.6) is 0 Å². The van der Waals surface area contributed by atoms with E-state index in [0.717, 1.165) is 30.4 Å². The number of hydrogen-bond donors (Lipinski definition) is 1. The topological polar surface area (TPSA) is 72.2 Å². The van der Waals surface area contributed by atoms with Crippen LogP contribution in [-0.2, 0) is 0 Å². The van der Waals surface area contributed by atoms with Crippen molar-refractivity contribution in [2.24, 2.45) is 0 Å². The summed E-state index contributed by atoms with van der Waals surface area (Å²) in [6.07, 6.45) is 2.21. The first-order chi connectivity index (χ1) is 13.8. The van der Waals surface area contributed by atoms with Crippen LogP contribution in [0, 0.1) is 15.9 Å². The summed E-state index contributed by atoms with van der Waals surface area (Å²) in [6.45, 7) is 4.84. The molecule has 2 atom stereocenters. The number of amides is 1. The number of quaternary nitrogens is 1. The molecule has 0 bridgehead atoms. The Labute approximate surface area is 197 Å². The third-order valence-corrected chi connectivity index (χ3v) is 6.84. The number of benzene rings is 2. The number of nitrogens with zero attached hydrogens (tertiary/aromatic N) is 2. The van der Waals surface area contributed by atoms with Gasteiger partial charge in [0.05, 0.1) is 36.5 Å². The lowest BCUT2D eigenvalue weighted by Gasteiger charge is -2.35. The molecule has 1 amide bonds. The van der Waals surface area contributed by atoms with Crippen LogP contribution in [0.4, 0.5) is 10.1 Å². The van der Waals surface area contributed by atoms with E-state index in [1.54, 1.807) is 24.3 Å². The minimum Gasteiger partial charge on any atom is -1.00 e. The first-order valence-corrected chi connectivity index (χ1v) is 10.5. The average molecular weight is 545 g/mol. The molecule has 0 spiro atoms. The van der Waals surface area contributed by atoms with Gasteiger partial charge in [0.2, 0.25) is 0 Å². The van der Waals surface area contributed by atoms with Crippen LogP contribution >= 0.6 is 11.8 Å². The maximum Gasteiger partial charge on any atom is 0.284 e. The van der Waals surface area contributed by atoms with Gasteiger partial charge in [-0.15, -0.1) is 0 Å². The first-order valence-electron chi connectivity index (χ1n) is 9.66. The number of hydrogen-bond acceptors (Lipinski definition) is 4. The summed E-state index contributed by atoms with van der Waals surface area (Å²) in [7, 11) is 2.20. The van der Waals surface area contributed by atoms with Gasteiger partial charge in [-0.1, -0.05) is 11.8 Å². The zero-order valence-corrected chi connectivity index (χ0v) is 19.9. The number of carbonyl (C=O) groups excluding carboxylic acids is 1. The number of likely N-dealkylation sites (tertiary alicyclic amines) is 1. The highest BCUT2D eigenvalue weighted by Crippen LogP contribution is 2.35. The SMILES string of the molecule is CC[N+]1(C)CCCC1CNC(=O)c1ccc(Sc2ccc(F)cc2)c([N+](=O)[O-])c1.[I-]. The van der Waals surface area contributed by atoms with Gasteiger partial charge in [0.25, 0.3) is 11.6 Å². The molecule has 1 N–H and O–H groups in total. The molecule has 1 aliphatic heterocycles. The molecule has 1 aliphatic rings. The zero-order valence-electron chi connectivity index (χ0n) is 16.9. The van der Waals surface area contributed by atoms with Crippen LogP contribution in [0.3, 0.4) is 0 Å². The predicted octanol–water partition coefficient (Wildman–Crippen LogP) is 1.25. The number of nitrogens with one attached hydrogen (secondary N) is 1. The van der Waals surface area contributed by atoms with Gasteiger partial charge in [0.1, 0.15) is 11.9 Å². The minimum absolute atomic E-state index is 0. The Balaban J connectivity index is 0.00000320. The lowest BCUT2D eigenvalue weighted by Crippen LogP contribution is -3.00. The van der Waals surface area contributed by atoms with Gasteiger partial charge < -0.3 is 33.8 Å². The van der Waals surface area contributed by atoms with E-state index in [0.29, 0.717) is 22.4 Å². The van der Waals surface area contributed by atoms with Crippen molar-refractivity contribution in [1.29, 1.82) is 0 Å². The van der Waals surface area contributed by atoms with Gasteiger partial charge in [-0.2, -0.15) is 0 Å². The largest absolute Gasteiger partial charge is 1.00 e. The highest BCUT2D eigenvalue weighted by atomic mass is 127. The lowest BCUT2D eigenvalue weighted by molar-refractivity contribution is -0.918. The second-order valence-corrected chi connectivity index (χ2v) is 8.64. The zero-order chi connectivity index (χ0) is 21.0. The van der Waals surface area contributed by atoms with Crippen LogP contribution in [0.25, 0.3) is 0 Å². The molecule has 0 radical (unpaired) electrons. The van der Waals surface area contributed by atoms with Crippen molar-refractivity contribution in [2.75, 3.05) is 26.7 Å². The maximum atomic E-state index is 13.1. The Bertz CT molecular complexity index is 913. The van der Waals surface area contributed by atoms with E-state index in [9.17, 15) is 19.3 Å². The second kappa shape index (κ2) is 10.5. The smallest absolute Gasteiger partial charge is 0.284 e. The molecular formula is C21H25FIN3O3S. The molecule has 6 nitrogen and oxygen atoms in total. The molecule has 0 saturated carbocycles. The van der Waals surface area contributed by atoms with Gasteiger partial charge in [-0.05, 0) is 43.3 Å². The molecule has 1 heterocycles. The Hall–Kier alpha value is -1.72. The molecule has 1 fully saturated rings. The summed E-state index contributed by atoms with van der Waals surface area (Å²) in [5.74, 6) is -0.670. The monoisotopic (exact) mass is 545 g/mol. The van der Waals surface area contributed by atoms with Gasteiger partial charge in [-0.25, -0.2) is 4.39 Å². The highest BCUT2D eigenvalue weighted by Gasteiger charge is 2.36. The fourth-order valence-corrected chi connectivity index (χ4v) is 4.65. The van der Waals surface area contributed by atoms with Gasteiger partial charge in [-0.3, -0.25) is 14.9 Å². The Morgan fingerprint density at radius 2 is 2.00 bits per heavy atom. The molecule has 2 unspecified atom stereocenters. The van der Waals surface area contributed by atoms with E-state index in [2.05, 4.69) is 19.3 Å². The van der Waals surface area contributed by atoms with E-state index >= 15 is 0 Å². The van der Waals surface area contributed by atoms with Crippen molar-refractivity contribution in [3.05, 3.63) is 64.0 Å². The van der Waals surface area contributed by atoms with Crippen LogP contribution < -0.4 is 29.3 Å². The van der Waals surface area contributed by atoms with E-state index in [-0.39, 0.29) is 47.0 Å². The molecule has 1 saturated heterocycles. The quantitative estimate of drug-likeness (QED) is 0.246. The first kappa shape index (κ1) is 24.5. The third kappa shape index (κ3) is 5.70. The van der Waals surface area contributed by atoms with E-state index in [1.807, 2.05) is 0 Å². The van der Waals surface area contributed by atoms with E-state index in [1.165, 1.54) is 30.0 Å². The van der Waals surface area contributed by atoms with Crippen molar-refractivity contribution < 1.29 is 42.6 Å². The summed E-state index contributed by atoms with van der Waals surface area (Å²) in [6, 6.07) is 10.6. The van der Waals surface area contributed by atoms with Crippen molar-refractivity contribution in [1.82, 2.24) is 5.32 Å². The standard InChI is InChI=1S/C21H24FN3O3S.HI/c1-3-25(2)12-4-5-17(25)14-23-21(26)15-6-11-20(19(13-15)24(27)28)29-18-9-7-16(22)8-10-18;/h6-11,13,17H,3-5,12,14H2,1-2H3;1H. The predicted molar refractivity (Wildman–Crippen MR) is 111 cm³/mol. The number of halogens is 2. The molecule has 0 aliphatic carbocycles. The summed E-state index contributed by atoms with van der Waals surface area (Å²) >= 11 is 1.17. The van der Waals surface area contributed by atoms with Gasteiger partial charge in [0, 0.05) is 29.4 Å². The van der Waals surface area contributed by atoms with E-state index < -0.39 is 4.92 Å². The number of carbonyl (C=O) groups is 1. The third-order valence-electron chi connectivity index (χ3n) is 5.77. The van der Waals surface area contributed by atoms with E-state index in [4.69, 9.17) is 0 Å². The molecule has 2 aromatic rings. The minimum atomic E-state index is -0.495. The van der Waals surface area contributed by atoms with Crippen LogP contribution in [-0.4, -0.2) is 48.0 Å². The number of rotatable bonds is 7. The molecule has 0 aromatic heterocycles. The molecule has 9 heteroatoms. The van der Waals surface area contributed by atoms with Crippen molar-refractivity contribution in [2.45, 2.75) is 35.6 Å². The summed E-state index contributed by atoms with van der Waals surface area (Å²) in [5, 5.41) is 14.5. The normalized spacial score (nSPS) is 20.4. The summed E-state index contributed by atoms with van der Waals surface area (Å²) < 4.78 is 14.0.